The minimum Gasteiger partial charge on any atom is -0.232 e. The molecule has 4 rings (SSSR count). The van der Waals surface area contributed by atoms with Gasteiger partial charge in [-0.15, -0.1) is 5.10 Å². The van der Waals surface area contributed by atoms with Gasteiger partial charge in [0, 0.05) is 11.1 Å². The molecule has 1 heterocycles. The van der Waals surface area contributed by atoms with Gasteiger partial charge in [0.1, 0.15) is 11.4 Å². The quantitative estimate of drug-likeness (QED) is 0.476. The van der Waals surface area contributed by atoms with Crippen molar-refractivity contribution >= 4 is 6.08 Å². The number of allylic oxidation sites excluding steroid dienone is 1. The van der Waals surface area contributed by atoms with Gasteiger partial charge < -0.3 is 0 Å². The summed E-state index contributed by atoms with van der Waals surface area (Å²) in [6.07, 6.45) is 4.16. The van der Waals surface area contributed by atoms with E-state index in [1.165, 1.54) is 0 Å². The number of hydrogen-bond donors (Lipinski definition) is 0. The van der Waals surface area contributed by atoms with Crippen molar-refractivity contribution < 1.29 is 0 Å². The summed E-state index contributed by atoms with van der Waals surface area (Å²) in [6, 6.07) is 30.2. The van der Waals surface area contributed by atoms with Gasteiger partial charge in [-0.05, 0) is 23.6 Å². The van der Waals surface area contributed by atoms with Crippen LogP contribution in [0.5, 0.6) is 0 Å². The fraction of sp³-hybridized carbons (Fsp3) is 0.0400. The highest BCUT2D eigenvalue weighted by atomic mass is 15.4. The van der Waals surface area contributed by atoms with E-state index >= 15 is 0 Å². The van der Waals surface area contributed by atoms with Crippen molar-refractivity contribution in [3.05, 3.63) is 114 Å². The smallest absolute Gasteiger partial charge is 0.140 e. The SMILES string of the molecule is C(#Cc1c(-c2ccccc2)nnn1C/C=C/c1ccccc1)c1ccccc1. The first-order chi connectivity index (χ1) is 13.9. The van der Waals surface area contributed by atoms with Crippen molar-refractivity contribution in [1.29, 1.82) is 0 Å². The highest BCUT2D eigenvalue weighted by molar-refractivity contribution is 5.65. The average Bonchev–Trinajstić information content (AvgIpc) is 3.17. The zero-order valence-electron chi connectivity index (χ0n) is 15.4. The molecule has 0 aliphatic rings. The predicted molar refractivity (Wildman–Crippen MR) is 113 cm³/mol. The Kier molecular flexibility index (Phi) is 5.41. The van der Waals surface area contributed by atoms with E-state index in [0.717, 1.165) is 28.1 Å². The normalized spacial score (nSPS) is 10.6. The molecule has 0 aliphatic heterocycles. The molecule has 3 aromatic carbocycles. The molecule has 0 spiro atoms. The molecule has 4 aromatic rings. The summed E-state index contributed by atoms with van der Waals surface area (Å²) in [5, 5.41) is 8.75. The minimum atomic E-state index is 0.605. The van der Waals surface area contributed by atoms with Crippen LogP contribution in [0, 0.1) is 11.8 Å². The van der Waals surface area contributed by atoms with E-state index in [9.17, 15) is 0 Å². The van der Waals surface area contributed by atoms with Gasteiger partial charge in [-0.25, -0.2) is 4.68 Å². The van der Waals surface area contributed by atoms with E-state index in [0.29, 0.717) is 6.54 Å². The van der Waals surface area contributed by atoms with E-state index in [1.807, 2.05) is 83.5 Å². The molecule has 0 bridgehead atoms. The van der Waals surface area contributed by atoms with Gasteiger partial charge in [-0.1, -0.05) is 102 Å². The lowest BCUT2D eigenvalue weighted by Gasteiger charge is -2.00. The molecular formula is C25H19N3. The monoisotopic (exact) mass is 361 g/mol. The maximum atomic E-state index is 4.40. The fourth-order valence-corrected chi connectivity index (χ4v) is 2.86. The molecule has 28 heavy (non-hydrogen) atoms. The Labute approximate surface area is 165 Å². The molecule has 0 saturated carbocycles. The van der Waals surface area contributed by atoms with Gasteiger partial charge in [-0.2, -0.15) is 0 Å². The summed E-state index contributed by atoms with van der Waals surface area (Å²) in [6.45, 7) is 0.605. The van der Waals surface area contributed by atoms with Crippen molar-refractivity contribution in [1.82, 2.24) is 15.0 Å². The minimum absolute atomic E-state index is 0.605. The third-order valence-corrected chi connectivity index (χ3v) is 4.27. The summed E-state index contributed by atoms with van der Waals surface area (Å²) >= 11 is 0. The molecule has 3 nitrogen and oxygen atoms in total. The summed E-state index contributed by atoms with van der Waals surface area (Å²) in [5.74, 6) is 6.51. The lowest BCUT2D eigenvalue weighted by molar-refractivity contribution is 0.657. The molecule has 0 N–H and O–H groups in total. The number of rotatable bonds is 4. The van der Waals surface area contributed by atoms with E-state index in [2.05, 4.69) is 46.4 Å². The van der Waals surface area contributed by atoms with Crippen LogP contribution < -0.4 is 0 Å². The summed E-state index contributed by atoms with van der Waals surface area (Å²) in [4.78, 5) is 0. The van der Waals surface area contributed by atoms with Crippen LogP contribution in [-0.2, 0) is 6.54 Å². The number of aromatic nitrogens is 3. The Morgan fingerprint density at radius 1 is 0.750 bits per heavy atom. The Morgan fingerprint density at radius 2 is 1.39 bits per heavy atom. The standard InChI is InChI=1S/C25H19N3/c1-4-11-21(12-5-1)15-10-20-28-24(19-18-22-13-6-2-7-14-22)25(26-27-28)23-16-8-3-9-17-23/h1-17H,20H2/b15-10+. The second kappa shape index (κ2) is 8.66. The van der Waals surface area contributed by atoms with Crippen molar-refractivity contribution in [2.24, 2.45) is 0 Å². The fourth-order valence-electron chi connectivity index (χ4n) is 2.86. The van der Waals surface area contributed by atoms with Crippen LogP contribution in [-0.4, -0.2) is 15.0 Å². The largest absolute Gasteiger partial charge is 0.232 e. The number of nitrogens with zero attached hydrogens (tertiary/aromatic N) is 3. The first-order valence-electron chi connectivity index (χ1n) is 9.18. The predicted octanol–water partition coefficient (Wildman–Crippen LogP) is 5.06. The van der Waals surface area contributed by atoms with Crippen LogP contribution in [0.2, 0.25) is 0 Å². The lowest BCUT2D eigenvalue weighted by atomic mass is 10.1. The molecule has 0 unspecified atom stereocenters. The summed E-state index contributed by atoms with van der Waals surface area (Å²) in [5.41, 5.74) is 4.75. The van der Waals surface area contributed by atoms with Crippen molar-refractivity contribution in [2.45, 2.75) is 6.54 Å². The molecule has 0 amide bonds. The topological polar surface area (TPSA) is 30.7 Å². The number of hydrogen-bond acceptors (Lipinski definition) is 2. The molecule has 134 valence electrons. The van der Waals surface area contributed by atoms with E-state index in [4.69, 9.17) is 0 Å². The summed E-state index contributed by atoms with van der Waals surface area (Å²) < 4.78 is 1.84. The van der Waals surface area contributed by atoms with Crippen LogP contribution in [0.25, 0.3) is 17.3 Å². The van der Waals surface area contributed by atoms with Crippen LogP contribution >= 0.6 is 0 Å². The lowest BCUT2D eigenvalue weighted by Crippen LogP contribution is -2.01. The highest BCUT2D eigenvalue weighted by Gasteiger charge is 2.12. The van der Waals surface area contributed by atoms with E-state index in [1.54, 1.807) is 0 Å². The van der Waals surface area contributed by atoms with Crippen molar-refractivity contribution in [3.8, 4) is 23.1 Å². The molecule has 0 fully saturated rings. The molecular weight excluding hydrogens is 342 g/mol. The van der Waals surface area contributed by atoms with E-state index in [-0.39, 0.29) is 0 Å². The Bertz CT molecular complexity index is 1120. The summed E-state index contributed by atoms with van der Waals surface area (Å²) in [7, 11) is 0. The van der Waals surface area contributed by atoms with Crippen LogP contribution in [0.4, 0.5) is 0 Å². The van der Waals surface area contributed by atoms with Crippen molar-refractivity contribution in [3.63, 3.8) is 0 Å². The maximum Gasteiger partial charge on any atom is 0.140 e. The average molecular weight is 361 g/mol. The van der Waals surface area contributed by atoms with Gasteiger partial charge in [0.2, 0.25) is 0 Å². The Balaban J connectivity index is 1.67. The Hall–Kier alpha value is -3.90. The van der Waals surface area contributed by atoms with E-state index < -0.39 is 0 Å². The van der Waals surface area contributed by atoms with Gasteiger partial charge in [0.25, 0.3) is 0 Å². The zero-order chi connectivity index (χ0) is 19.0. The molecule has 0 aliphatic carbocycles. The molecule has 3 heteroatoms. The number of benzene rings is 3. The van der Waals surface area contributed by atoms with Crippen molar-refractivity contribution in [2.75, 3.05) is 0 Å². The van der Waals surface area contributed by atoms with Crippen LogP contribution in [0.15, 0.2) is 97.1 Å². The second-order valence-electron chi connectivity index (χ2n) is 6.26. The zero-order valence-corrected chi connectivity index (χ0v) is 15.4. The van der Waals surface area contributed by atoms with Gasteiger partial charge in [0.15, 0.2) is 0 Å². The first kappa shape index (κ1) is 17.5. The van der Waals surface area contributed by atoms with Gasteiger partial charge >= 0.3 is 0 Å². The molecule has 1 aromatic heterocycles. The van der Waals surface area contributed by atoms with Gasteiger partial charge in [-0.3, -0.25) is 0 Å². The molecule has 0 radical (unpaired) electrons. The highest BCUT2D eigenvalue weighted by Crippen LogP contribution is 2.20. The first-order valence-corrected chi connectivity index (χ1v) is 9.18. The third kappa shape index (κ3) is 4.25. The van der Waals surface area contributed by atoms with Gasteiger partial charge in [0.05, 0.1) is 6.54 Å². The van der Waals surface area contributed by atoms with Crippen LogP contribution in [0.1, 0.15) is 16.8 Å². The molecule has 0 saturated heterocycles. The molecule has 0 atom stereocenters. The third-order valence-electron chi connectivity index (χ3n) is 4.27. The Morgan fingerprint density at radius 3 is 2.11 bits per heavy atom. The van der Waals surface area contributed by atoms with Crippen LogP contribution in [0.3, 0.4) is 0 Å². The second-order valence-corrected chi connectivity index (χ2v) is 6.26. The maximum absolute atomic E-state index is 4.40.